The number of nitro benzene ring substituents is 1. The molecular weight excluding hydrogens is 289 g/mol. The lowest BCUT2D eigenvalue weighted by molar-refractivity contribution is -0.384. The Bertz CT molecular complexity index is 741. The quantitative estimate of drug-likeness (QED) is 0.646. The molecule has 0 bridgehead atoms. The lowest BCUT2D eigenvalue weighted by Crippen LogP contribution is -2.13. The van der Waals surface area contributed by atoms with E-state index in [1.165, 1.54) is 0 Å². The molecule has 2 aromatic rings. The van der Waals surface area contributed by atoms with E-state index in [4.69, 9.17) is 5.11 Å². The maximum atomic E-state index is 13.5. The molecule has 0 atom stereocenters. The number of nitrogens with one attached hydrogen (secondary N) is 1. The number of carbonyl (C=O) groups excluding carboxylic acids is 1. The van der Waals surface area contributed by atoms with Crippen molar-refractivity contribution in [2.75, 3.05) is 5.32 Å². The summed E-state index contributed by atoms with van der Waals surface area (Å²) < 4.78 is 17.8. The molecule has 21 heavy (non-hydrogen) atoms. The van der Waals surface area contributed by atoms with Crippen molar-refractivity contribution >= 4 is 23.3 Å². The summed E-state index contributed by atoms with van der Waals surface area (Å²) in [7, 11) is 0. The molecule has 0 spiro atoms. The molecule has 0 aliphatic rings. The first-order chi connectivity index (χ1) is 9.88. The molecule has 0 saturated carbocycles. The highest BCUT2D eigenvalue weighted by Crippen LogP contribution is 2.21. The van der Waals surface area contributed by atoms with Gasteiger partial charge in [-0.2, -0.15) is 0 Å². The van der Waals surface area contributed by atoms with Gasteiger partial charge in [0.05, 0.1) is 10.6 Å². The summed E-state index contributed by atoms with van der Waals surface area (Å²) in [6, 6.07) is 3.42. The Morgan fingerprint density at radius 1 is 1.38 bits per heavy atom. The first kappa shape index (κ1) is 14.1. The summed E-state index contributed by atoms with van der Waals surface area (Å²) in [4.78, 5) is 32.1. The van der Waals surface area contributed by atoms with E-state index >= 15 is 0 Å². The van der Waals surface area contributed by atoms with E-state index < -0.39 is 45.4 Å². The zero-order valence-corrected chi connectivity index (χ0v) is 10.1. The van der Waals surface area contributed by atoms with E-state index in [-0.39, 0.29) is 0 Å². The Morgan fingerprint density at radius 2 is 2.10 bits per heavy atom. The molecule has 1 heterocycles. The maximum Gasteiger partial charge on any atom is 0.374 e. The second-order valence-electron chi connectivity index (χ2n) is 3.76. The van der Waals surface area contributed by atoms with Gasteiger partial charge in [-0.3, -0.25) is 14.9 Å². The second kappa shape index (κ2) is 5.36. The van der Waals surface area contributed by atoms with Crippen molar-refractivity contribution in [3.8, 4) is 0 Å². The van der Waals surface area contributed by atoms with Crippen molar-refractivity contribution in [1.29, 1.82) is 0 Å². The van der Waals surface area contributed by atoms with Gasteiger partial charge >= 0.3 is 5.97 Å². The smallest absolute Gasteiger partial charge is 0.374 e. The van der Waals surface area contributed by atoms with Crippen LogP contribution >= 0.6 is 0 Å². The maximum absolute atomic E-state index is 13.5. The minimum absolute atomic E-state index is 0.404. The molecule has 0 saturated heterocycles. The van der Waals surface area contributed by atoms with Gasteiger partial charge in [-0.1, -0.05) is 5.16 Å². The lowest BCUT2D eigenvalue weighted by Gasteiger charge is -2.03. The monoisotopic (exact) mass is 295 g/mol. The van der Waals surface area contributed by atoms with Crippen LogP contribution in [0.5, 0.6) is 0 Å². The van der Waals surface area contributed by atoms with Crippen molar-refractivity contribution in [3.05, 3.63) is 51.7 Å². The predicted octanol–water partition coefficient (Wildman–Crippen LogP) is 1.67. The van der Waals surface area contributed by atoms with Crippen LogP contribution in [0.1, 0.15) is 21.0 Å². The number of carbonyl (C=O) groups is 2. The van der Waals surface area contributed by atoms with E-state index in [0.29, 0.717) is 0 Å². The first-order valence-corrected chi connectivity index (χ1v) is 5.34. The summed E-state index contributed by atoms with van der Waals surface area (Å²) in [6.07, 6.45) is 0. The standard InChI is InChI=1S/C11H6FN3O6/c12-6-2-1-5(15(19)20)3-7(6)13-10(16)8-4-9(11(17)18)21-14-8/h1-4H,(H,13,16)(H,17,18). The molecule has 0 radical (unpaired) electrons. The van der Waals surface area contributed by atoms with Crippen LogP contribution in [-0.2, 0) is 0 Å². The third-order valence-electron chi connectivity index (χ3n) is 2.36. The van der Waals surface area contributed by atoms with E-state index in [9.17, 15) is 24.1 Å². The Morgan fingerprint density at radius 3 is 2.67 bits per heavy atom. The number of carboxylic acid groups (broad SMARTS) is 1. The van der Waals surface area contributed by atoms with Crippen LogP contribution in [0.25, 0.3) is 0 Å². The van der Waals surface area contributed by atoms with Crippen LogP contribution in [-0.4, -0.2) is 27.1 Å². The molecule has 1 aromatic heterocycles. The highest BCUT2D eigenvalue weighted by molar-refractivity contribution is 6.04. The number of non-ortho nitro benzene ring substituents is 1. The summed E-state index contributed by atoms with van der Waals surface area (Å²) in [6.45, 7) is 0. The van der Waals surface area contributed by atoms with Gasteiger partial charge < -0.3 is 14.9 Å². The molecule has 0 aliphatic carbocycles. The van der Waals surface area contributed by atoms with Crippen LogP contribution in [0.4, 0.5) is 15.8 Å². The zero-order chi connectivity index (χ0) is 15.6. The van der Waals surface area contributed by atoms with Gasteiger partial charge in [-0.25, -0.2) is 9.18 Å². The molecule has 108 valence electrons. The number of nitrogens with zero attached hydrogens (tertiary/aromatic N) is 2. The number of aromatic carboxylic acids is 1. The molecule has 9 nitrogen and oxygen atoms in total. The summed E-state index contributed by atoms with van der Waals surface area (Å²) >= 11 is 0. The average molecular weight is 295 g/mol. The normalized spacial score (nSPS) is 10.1. The number of hydrogen-bond donors (Lipinski definition) is 2. The van der Waals surface area contributed by atoms with Crippen LogP contribution in [0.15, 0.2) is 28.8 Å². The number of benzene rings is 1. The van der Waals surface area contributed by atoms with Crippen molar-refractivity contribution in [2.45, 2.75) is 0 Å². The van der Waals surface area contributed by atoms with Gasteiger partial charge in [0.2, 0.25) is 5.76 Å². The number of anilines is 1. The van der Waals surface area contributed by atoms with E-state index in [0.717, 1.165) is 24.3 Å². The molecule has 2 N–H and O–H groups in total. The SMILES string of the molecule is O=C(Nc1cc([N+](=O)[O-])ccc1F)c1cc(C(=O)O)on1. The summed E-state index contributed by atoms with van der Waals surface area (Å²) in [5.41, 5.74) is -1.26. The molecule has 0 unspecified atom stereocenters. The third kappa shape index (κ3) is 3.00. The molecule has 0 fully saturated rings. The topological polar surface area (TPSA) is 136 Å². The predicted molar refractivity (Wildman–Crippen MR) is 64.5 cm³/mol. The largest absolute Gasteiger partial charge is 0.475 e. The van der Waals surface area contributed by atoms with Gasteiger partial charge in [0, 0.05) is 18.2 Å². The van der Waals surface area contributed by atoms with Gasteiger partial charge in [-0.05, 0) is 6.07 Å². The van der Waals surface area contributed by atoms with Gasteiger partial charge in [0.25, 0.3) is 11.6 Å². The Balaban J connectivity index is 2.24. The highest BCUT2D eigenvalue weighted by atomic mass is 19.1. The lowest BCUT2D eigenvalue weighted by atomic mass is 10.2. The molecule has 2 rings (SSSR count). The first-order valence-electron chi connectivity index (χ1n) is 5.34. The van der Waals surface area contributed by atoms with Gasteiger partial charge in [0.15, 0.2) is 5.69 Å². The number of rotatable bonds is 4. The molecule has 1 aromatic carbocycles. The number of nitro groups is 1. The van der Waals surface area contributed by atoms with Gasteiger partial charge in [0.1, 0.15) is 5.82 Å². The van der Waals surface area contributed by atoms with Crippen molar-refractivity contribution in [2.24, 2.45) is 0 Å². The molecule has 0 aliphatic heterocycles. The van der Waals surface area contributed by atoms with Crippen molar-refractivity contribution < 1.29 is 28.5 Å². The number of halogens is 1. The summed E-state index contributed by atoms with van der Waals surface area (Å²) in [5, 5.41) is 24.4. The fourth-order valence-electron chi connectivity index (χ4n) is 1.39. The van der Waals surface area contributed by atoms with E-state index in [1.807, 2.05) is 5.32 Å². The molecular formula is C11H6FN3O6. The second-order valence-corrected chi connectivity index (χ2v) is 3.76. The number of amides is 1. The fraction of sp³-hybridized carbons (Fsp3) is 0. The van der Waals surface area contributed by atoms with Gasteiger partial charge in [-0.15, -0.1) is 0 Å². The van der Waals surface area contributed by atoms with E-state index in [1.54, 1.807) is 0 Å². The summed E-state index contributed by atoms with van der Waals surface area (Å²) in [5.74, 6) is -3.86. The molecule has 10 heteroatoms. The number of aromatic nitrogens is 1. The van der Waals surface area contributed by atoms with Crippen molar-refractivity contribution in [3.63, 3.8) is 0 Å². The Kier molecular flexibility index (Phi) is 3.61. The van der Waals surface area contributed by atoms with E-state index in [2.05, 4.69) is 9.68 Å². The van der Waals surface area contributed by atoms with Crippen LogP contribution < -0.4 is 5.32 Å². The third-order valence-corrected chi connectivity index (χ3v) is 2.36. The van der Waals surface area contributed by atoms with Crippen molar-refractivity contribution in [1.82, 2.24) is 5.16 Å². The number of hydrogen-bond acceptors (Lipinski definition) is 6. The molecule has 1 amide bonds. The van der Waals surface area contributed by atoms with Crippen LogP contribution in [0.2, 0.25) is 0 Å². The highest BCUT2D eigenvalue weighted by Gasteiger charge is 2.19. The van der Waals surface area contributed by atoms with Crippen LogP contribution in [0, 0.1) is 15.9 Å². The minimum atomic E-state index is -1.43. The minimum Gasteiger partial charge on any atom is -0.475 e. The zero-order valence-electron chi connectivity index (χ0n) is 10.1. The Hall–Kier alpha value is -3.30. The average Bonchev–Trinajstić information content (AvgIpc) is 2.90. The Labute approximate surface area is 115 Å². The van der Waals surface area contributed by atoms with Crippen LogP contribution in [0.3, 0.4) is 0 Å². The number of carboxylic acids is 1. The fourth-order valence-corrected chi connectivity index (χ4v) is 1.39.